The number of benzene rings is 2. The maximum absolute atomic E-state index is 12.9. The summed E-state index contributed by atoms with van der Waals surface area (Å²) in [5, 5.41) is 14.6. The van der Waals surface area contributed by atoms with E-state index in [1.54, 1.807) is 12.1 Å². The minimum absolute atomic E-state index is 0.0203. The van der Waals surface area contributed by atoms with Crippen LogP contribution in [0.3, 0.4) is 0 Å². The number of amides is 1. The van der Waals surface area contributed by atoms with Crippen LogP contribution in [0.5, 0.6) is 5.75 Å². The third-order valence-electron chi connectivity index (χ3n) is 6.11. The maximum Gasteiger partial charge on any atom is 0.251 e. The number of aromatic amines is 2. The van der Waals surface area contributed by atoms with Crippen LogP contribution < -0.4 is 15.4 Å². The second-order valence-corrected chi connectivity index (χ2v) is 8.90. The molecule has 0 aliphatic carbocycles. The van der Waals surface area contributed by atoms with Gasteiger partial charge in [0.1, 0.15) is 18.2 Å². The number of ether oxygens (including phenoxy) is 1. The van der Waals surface area contributed by atoms with E-state index in [9.17, 15) is 4.79 Å². The molecular weight excluding hydrogens is 448 g/mol. The molecule has 0 saturated carbocycles. The van der Waals surface area contributed by atoms with E-state index in [2.05, 4.69) is 36.9 Å². The van der Waals surface area contributed by atoms with Crippen molar-refractivity contribution in [1.29, 1.82) is 0 Å². The maximum atomic E-state index is 12.9. The summed E-state index contributed by atoms with van der Waals surface area (Å²) >= 11 is 5.10. The fraction of sp³-hybridized carbons (Fsp3) is 0.280. The smallest absolute Gasteiger partial charge is 0.251 e. The molecule has 8 nitrogen and oxygen atoms in total. The van der Waals surface area contributed by atoms with Gasteiger partial charge in [-0.1, -0.05) is 18.2 Å². The SMILES string of the molecule is Cc1cc(COc2ccc(C(=O)N[C@@H]3CCNC[C@@H]3c3n[nH]c(=S)[nH]3)cc2)c2ccccc2n1. The zero-order valence-electron chi connectivity index (χ0n) is 18.8. The van der Waals surface area contributed by atoms with E-state index in [1.165, 1.54) is 0 Å². The van der Waals surface area contributed by atoms with Gasteiger partial charge in [0.2, 0.25) is 0 Å². The lowest BCUT2D eigenvalue weighted by molar-refractivity contribution is 0.0922. The van der Waals surface area contributed by atoms with E-state index in [0.29, 0.717) is 22.7 Å². The summed E-state index contributed by atoms with van der Waals surface area (Å²) < 4.78 is 6.51. The number of carbonyl (C=O) groups excluding carboxylic acids is 1. The second-order valence-electron chi connectivity index (χ2n) is 8.50. The predicted molar refractivity (Wildman–Crippen MR) is 133 cm³/mol. The van der Waals surface area contributed by atoms with Gasteiger partial charge in [0.15, 0.2) is 4.77 Å². The van der Waals surface area contributed by atoms with Crippen molar-refractivity contribution in [3.8, 4) is 5.75 Å². The highest BCUT2D eigenvalue weighted by Gasteiger charge is 2.30. The highest BCUT2D eigenvalue weighted by Crippen LogP contribution is 2.23. The van der Waals surface area contributed by atoms with Crippen molar-refractivity contribution in [1.82, 2.24) is 30.8 Å². The molecule has 4 aromatic rings. The topological polar surface area (TPSA) is 108 Å². The van der Waals surface area contributed by atoms with Gasteiger partial charge < -0.3 is 20.4 Å². The molecule has 1 aliphatic rings. The summed E-state index contributed by atoms with van der Waals surface area (Å²) in [4.78, 5) is 20.6. The monoisotopic (exact) mass is 474 g/mol. The van der Waals surface area contributed by atoms with Crippen molar-refractivity contribution in [3.63, 3.8) is 0 Å². The quantitative estimate of drug-likeness (QED) is 0.317. The number of aromatic nitrogens is 4. The fourth-order valence-electron chi connectivity index (χ4n) is 4.41. The van der Waals surface area contributed by atoms with Crippen molar-refractivity contribution < 1.29 is 9.53 Å². The first-order valence-electron chi connectivity index (χ1n) is 11.3. The Bertz CT molecular complexity index is 1360. The molecule has 2 atom stereocenters. The van der Waals surface area contributed by atoms with Crippen LogP contribution >= 0.6 is 12.2 Å². The average molecular weight is 475 g/mol. The van der Waals surface area contributed by atoms with Gasteiger partial charge in [-0.25, -0.2) is 0 Å². The molecule has 1 amide bonds. The van der Waals surface area contributed by atoms with Gasteiger partial charge in [-0.05, 0) is 68.5 Å². The molecule has 0 spiro atoms. The van der Waals surface area contributed by atoms with Crippen molar-refractivity contribution in [2.75, 3.05) is 13.1 Å². The normalized spacial score (nSPS) is 18.0. The lowest BCUT2D eigenvalue weighted by atomic mass is 9.92. The molecule has 0 radical (unpaired) electrons. The summed E-state index contributed by atoms with van der Waals surface area (Å²) in [5.41, 5.74) is 3.58. The zero-order valence-corrected chi connectivity index (χ0v) is 19.6. The number of carbonyl (C=O) groups is 1. The van der Waals surface area contributed by atoms with Crippen molar-refractivity contribution in [2.45, 2.75) is 31.9 Å². The number of rotatable bonds is 6. The molecule has 1 aliphatic heterocycles. The molecule has 34 heavy (non-hydrogen) atoms. The van der Waals surface area contributed by atoms with Crippen molar-refractivity contribution >= 4 is 29.0 Å². The summed E-state index contributed by atoms with van der Waals surface area (Å²) in [6.07, 6.45) is 0.810. The first-order chi connectivity index (χ1) is 16.6. The molecule has 1 saturated heterocycles. The summed E-state index contributed by atoms with van der Waals surface area (Å²) in [6, 6.07) is 17.3. The van der Waals surface area contributed by atoms with Gasteiger partial charge in [-0.2, -0.15) is 5.10 Å². The molecule has 2 aromatic heterocycles. The van der Waals surface area contributed by atoms with Gasteiger partial charge in [-0.15, -0.1) is 0 Å². The van der Waals surface area contributed by atoms with Crippen molar-refractivity contribution in [2.24, 2.45) is 0 Å². The third-order valence-corrected chi connectivity index (χ3v) is 6.30. The zero-order chi connectivity index (χ0) is 23.5. The Labute approximate surface area is 202 Å². The highest BCUT2D eigenvalue weighted by molar-refractivity contribution is 7.71. The number of nitrogens with one attached hydrogen (secondary N) is 4. The third kappa shape index (κ3) is 4.85. The molecular formula is C25H26N6O2S. The molecule has 4 N–H and O–H groups in total. The number of para-hydroxylation sites is 1. The Morgan fingerprint density at radius 3 is 2.82 bits per heavy atom. The van der Waals surface area contributed by atoms with Crippen LogP contribution in [-0.2, 0) is 6.61 Å². The van der Waals surface area contributed by atoms with Gasteiger partial charge in [0.05, 0.1) is 11.4 Å². The van der Waals surface area contributed by atoms with Gasteiger partial charge in [0, 0.05) is 34.8 Å². The van der Waals surface area contributed by atoms with E-state index >= 15 is 0 Å². The number of fused-ring (bicyclic) bond motifs is 1. The molecule has 1 fully saturated rings. The number of pyridine rings is 1. The minimum Gasteiger partial charge on any atom is -0.489 e. The number of piperidine rings is 1. The van der Waals surface area contributed by atoms with E-state index in [-0.39, 0.29) is 17.9 Å². The largest absolute Gasteiger partial charge is 0.489 e. The molecule has 5 rings (SSSR count). The Hall–Kier alpha value is -3.56. The van der Waals surface area contributed by atoms with Crippen LogP contribution in [0.15, 0.2) is 54.6 Å². The Balaban J connectivity index is 1.24. The molecule has 0 bridgehead atoms. The highest BCUT2D eigenvalue weighted by atomic mass is 32.1. The first kappa shape index (κ1) is 22.2. The molecule has 0 unspecified atom stereocenters. The van der Waals surface area contributed by atoms with Gasteiger partial charge in [-0.3, -0.25) is 14.9 Å². The van der Waals surface area contributed by atoms with E-state index < -0.39 is 0 Å². The minimum atomic E-state index is -0.117. The number of aryl methyl sites for hydroxylation is 1. The Morgan fingerprint density at radius 2 is 2.03 bits per heavy atom. The van der Waals surface area contributed by atoms with E-state index in [0.717, 1.165) is 47.5 Å². The molecule has 3 heterocycles. The van der Waals surface area contributed by atoms with Gasteiger partial charge >= 0.3 is 0 Å². The standard InChI is InChI=1S/C25H26N6O2S/c1-15-12-17(19-4-2-3-5-21(19)27-15)14-33-18-8-6-16(7-9-18)24(32)28-22-10-11-26-13-20(22)23-29-25(34)31-30-23/h2-9,12,20,22,26H,10-11,13-14H2,1H3,(H,28,32)(H2,29,30,31,34)/t20-,22+/m0/s1. The van der Waals surface area contributed by atoms with Crippen molar-refractivity contribution in [3.05, 3.63) is 82.0 Å². The van der Waals surface area contributed by atoms with Crippen LogP contribution in [-0.4, -0.2) is 45.2 Å². The second kappa shape index (κ2) is 9.74. The summed E-state index contributed by atoms with van der Waals surface area (Å²) in [5.74, 6) is 1.37. The van der Waals surface area contributed by atoms with Crippen LogP contribution in [0.25, 0.3) is 10.9 Å². The lowest BCUT2D eigenvalue weighted by Crippen LogP contribution is -2.48. The lowest BCUT2D eigenvalue weighted by Gasteiger charge is -2.31. The molecule has 9 heteroatoms. The number of nitrogens with zero attached hydrogens (tertiary/aromatic N) is 2. The average Bonchev–Trinajstić information content (AvgIpc) is 3.29. The summed E-state index contributed by atoms with van der Waals surface area (Å²) in [7, 11) is 0. The number of hydrogen-bond acceptors (Lipinski definition) is 6. The number of H-pyrrole nitrogens is 2. The Kier molecular flexibility index (Phi) is 6.37. The van der Waals surface area contributed by atoms with E-state index in [4.69, 9.17) is 17.0 Å². The van der Waals surface area contributed by atoms with Crippen LogP contribution in [0.1, 0.15) is 39.8 Å². The molecule has 174 valence electrons. The molecule has 2 aromatic carbocycles. The first-order valence-corrected chi connectivity index (χ1v) is 11.7. The van der Waals surface area contributed by atoms with E-state index in [1.807, 2.05) is 43.3 Å². The van der Waals surface area contributed by atoms with Crippen LogP contribution in [0, 0.1) is 11.7 Å². The van der Waals surface area contributed by atoms with Crippen LogP contribution in [0.2, 0.25) is 0 Å². The van der Waals surface area contributed by atoms with Gasteiger partial charge in [0.25, 0.3) is 5.91 Å². The predicted octanol–water partition coefficient (Wildman–Crippen LogP) is 3.78. The Morgan fingerprint density at radius 1 is 1.21 bits per heavy atom. The van der Waals surface area contributed by atoms with Crippen LogP contribution in [0.4, 0.5) is 0 Å². The fourth-order valence-corrected chi connectivity index (χ4v) is 4.56. The number of hydrogen-bond donors (Lipinski definition) is 4. The summed E-state index contributed by atoms with van der Waals surface area (Å²) in [6.45, 7) is 3.97.